The quantitative estimate of drug-likeness (QED) is 0.609. The summed E-state index contributed by atoms with van der Waals surface area (Å²) in [7, 11) is 0.121. The van der Waals surface area contributed by atoms with E-state index in [1.165, 1.54) is 3.30 Å². The molecule has 0 spiro atoms. The van der Waals surface area contributed by atoms with Gasteiger partial charge in [0, 0.05) is 3.30 Å². The molecule has 1 atom stereocenters. The second-order valence-electron chi connectivity index (χ2n) is 1.86. The summed E-state index contributed by atoms with van der Waals surface area (Å²) in [6.07, 6.45) is 0. The van der Waals surface area contributed by atoms with Gasteiger partial charge in [-0.25, -0.2) is 0 Å². The van der Waals surface area contributed by atoms with Crippen LogP contribution in [0.25, 0.3) is 0 Å². The predicted molar refractivity (Wildman–Crippen MR) is 47.6 cm³/mol. The van der Waals surface area contributed by atoms with Crippen molar-refractivity contribution < 1.29 is 0 Å². The fourth-order valence-electron chi connectivity index (χ4n) is 0.581. The van der Waals surface area contributed by atoms with Gasteiger partial charge < -0.3 is 0 Å². The van der Waals surface area contributed by atoms with E-state index in [4.69, 9.17) is 0 Å². The van der Waals surface area contributed by atoms with Crippen molar-refractivity contribution in [3.63, 3.8) is 0 Å². The lowest BCUT2D eigenvalue weighted by Crippen LogP contribution is -1.52. The Balaban J connectivity index is 3.19. The van der Waals surface area contributed by atoms with Crippen LogP contribution in [0.4, 0.5) is 0 Å². The van der Waals surface area contributed by atoms with Gasteiger partial charge in [-0.05, 0) is 47.5 Å². The molecule has 0 radical (unpaired) electrons. The summed E-state index contributed by atoms with van der Waals surface area (Å²) in [5, 5.41) is 1.55. The number of rotatable bonds is 0. The number of halogens is 1. The van der Waals surface area contributed by atoms with Gasteiger partial charge in [-0.3, -0.25) is 0 Å². The Morgan fingerprint density at radius 3 is 2.25 bits per heavy atom. The van der Waals surface area contributed by atoms with Crippen molar-refractivity contribution in [2.45, 2.75) is 6.92 Å². The van der Waals surface area contributed by atoms with Gasteiger partial charge in [0.1, 0.15) is 0 Å². The van der Waals surface area contributed by atoms with Crippen molar-refractivity contribution in [1.29, 1.82) is 0 Å². The molecule has 0 aliphatic rings. The molecule has 8 heavy (non-hydrogen) atoms. The molecule has 0 saturated heterocycles. The zero-order valence-corrected chi connectivity index (χ0v) is 8.03. The van der Waals surface area contributed by atoms with Crippen molar-refractivity contribution in [3.05, 3.63) is 20.7 Å². The van der Waals surface area contributed by atoms with Crippen molar-refractivity contribution in [2.75, 3.05) is 0 Å². The Kier molecular flexibility index (Phi) is 1.99. The van der Waals surface area contributed by atoms with Gasteiger partial charge in [0.05, 0.1) is 0 Å². The van der Waals surface area contributed by atoms with Crippen LogP contribution >= 0.6 is 30.1 Å². The monoisotopic (exact) mass is 238 g/mol. The highest BCUT2D eigenvalue weighted by Gasteiger charge is 1.94. The number of hydrogen-bond donors (Lipinski definition) is 0. The predicted octanol–water partition coefficient (Wildman–Crippen LogP) is 3.12. The van der Waals surface area contributed by atoms with Crippen molar-refractivity contribution in [2.24, 2.45) is 6.66 Å². The van der Waals surface area contributed by atoms with Crippen molar-refractivity contribution >= 4 is 30.1 Å². The lowest BCUT2D eigenvalue weighted by molar-refractivity contribution is 1.63. The maximum Gasteiger partial charge on any atom is 0.0322 e. The zero-order chi connectivity index (χ0) is 6.15. The van der Waals surface area contributed by atoms with Crippen molar-refractivity contribution in [1.82, 2.24) is 0 Å². The Hall–Kier alpha value is 0.510. The smallest absolute Gasteiger partial charge is 0.0322 e. The summed E-state index contributed by atoms with van der Waals surface area (Å²) in [6.45, 7) is 4.50. The van der Waals surface area contributed by atoms with E-state index in [2.05, 4.69) is 48.3 Å². The third kappa shape index (κ3) is 1.08. The van der Waals surface area contributed by atoms with Crippen LogP contribution < -0.4 is 0 Å². The molecule has 2 heteroatoms. The topological polar surface area (TPSA) is 0 Å². The normalized spacial score (nSPS) is 12.1. The summed E-state index contributed by atoms with van der Waals surface area (Å²) in [6, 6.07) is 4.43. The first kappa shape index (κ1) is 6.63. The molecule has 1 aromatic heterocycles. The molecule has 0 nitrogen and oxygen atoms in total. The molecule has 0 N–H and O–H groups in total. The molecule has 1 heterocycles. The van der Waals surface area contributed by atoms with E-state index in [1.54, 1.807) is 5.30 Å². The maximum atomic E-state index is 2.41. The molecule has 0 amide bonds. The van der Waals surface area contributed by atoms with Crippen LogP contribution in [0.3, 0.4) is 0 Å². The molecule has 0 aromatic carbocycles. The van der Waals surface area contributed by atoms with Gasteiger partial charge in [-0.15, -0.1) is 7.53 Å². The highest BCUT2D eigenvalue weighted by Crippen LogP contribution is 2.35. The third-order valence-electron chi connectivity index (χ3n) is 1.31. The third-order valence-corrected chi connectivity index (χ3v) is 5.84. The first-order valence-electron chi connectivity index (χ1n) is 2.49. The average molecular weight is 238 g/mol. The number of aryl methyl sites for hydroxylation is 1. The highest BCUT2D eigenvalue weighted by molar-refractivity contribution is 14.1. The number of hydrogen-bond acceptors (Lipinski definition) is 0. The summed E-state index contributed by atoms with van der Waals surface area (Å²) < 4.78 is 1.52. The Bertz CT molecular complexity index is 171. The summed E-state index contributed by atoms with van der Waals surface area (Å²) in [5.41, 5.74) is 0. The minimum atomic E-state index is 0.121. The Labute approximate surface area is 64.5 Å². The van der Waals surface area contributed by atoms with Gasteiger partial charge in [0.15, 0.2) is 0 Å². The summed E-state index contributed by atoms with van der Waals surface area (Å²) in [4.78, 5) is 0. The minimum absolute atomic E-state index is 0.121. The van der Waals surface area contributed by atoms with Crippen LogP contribution in [-0.4, -0.2) is 0 Å². The first-order valence-corrected chi connectivity index (χ1v) is 5.36. The molecule has 0 bridgehead atoms. The van der Waals surface area contributed by atoms with Crippen molar-refractivity contribution in [3.8, 4) is 0 Å². The lowest BCUT2D eigenvalue weighted by Gasteiger charge is -1.88. The fraction of sp³-hybridized carbons (Fsp3) is 0.333. The van der Waals surface area contributed by atoms with E-state index in [-0.39, 0.29) is 7.53 Å². The van der Waals surface area contributed by atoms with E-state index in [1.807, 2.05) is 0 Å². The molecule has 44 valence electrons. The minimum Gasteiger partial charge on any atom is -0.111 e. The van der Waals surface area contributed by atoms with E-state index < -0.39 is 0 Å². The van der Waals surface area contributed by atoms with Crippen LogP contribution in [0.5, 0.6) is 0 Å². The Morgan fingerprint density at radius 2 is 2.12 bits per heavy atom. The second kappa shape index (κ2) is 2.40. The van der Waals surface area contributed by atoms with Gasteiger partial charge in [-0.1, -0.05) is 6.07 Å². The molecule has 0 aliphatic heterocycles. The van der Waals surface area contributed by atoms with Gasteiger partial charge >= 0.3 is 0 Å². The fourth-order valence-corrected chi connectivity index (χ4v) is 2.84. The lowest BCUT2D eigenvalue weighted by atomic mass is 10.5. The zero-order valence-electron chi connectivity index (χ0n) is 4.98. The van der Waals surface area contributed by atoms with Crippen LogP contribution in [0, 0.1) is 10.2 Å². The van der Waals surface area contributed by atoms with Crippen LogP contribution in [0.1, 0.15) is 5.30 Å². The summed E-state index contributed by atoms with van der Waals surface area (Å²) >= 11 is 2.41. The maximum absolute atomic E-state index is 2.41. The van der Waals surface area contributed by atoms with Crippen LogP contribution in [0.15, 0.2) is 12.1 Å². The standard InChI is InChI=1S/C6H8IP/c1-5-3-4-6(7)8(5)2/h3-4H,1-2H3. The molecule has 1 aromatic rings. The molecule has 0 aliphatic carbocycles. The largest absolute Gasteiger partial charge is 0.111 e. The first-order chi connectivity index (χ1) is 3.72. The van der Waals surface area contributed by atoms with Crippen LogP contribution in [-0.2, 0) is 6.66 Å². The van der Waals surface area contributed by atoms with Gasteiger partial charge in [0.2, 0.25) is 0 Å². The highest BCUT2D eigenvalue weighted by atomic mass is 127. The molecule has 1 unspecified atom stereocenters. The van der Waals surface area contributed by atoms with E-state index in [0.29, 0.717) is 0 Å². The molecular formula is C6H8IP. The molecule has 1 rings (SSSR count). The van der Waals surface area contributed by atoms with E-state index in [0.717, 1.165) is 0 Å². The molecule has 0 saturated carbocycles. The Morgan fingerprint density at radius 1 is 1.50 bits per heavy atom. The molecular weight excluding hydrogens is 230 g/mol. The molecule has 0 fully saturated rings. The van der Waals surface area contributed by atoms with Gasteiger partial charge in [-0.2, -0.15) is 0 Å². The van der Waals surface area contributed by atoms with E-state index >= 15 is 0 Å². The van der Waals surface area contributed by atoms with Gasteiger partial charge in [0.25, 0.3) is 0 Å². The second-order valence-corrected chi connectivity index (χ2v) is 6.18. The van der Waals surface area contributed by atoms with E-state index in [9.17, 15) is 0 Å². The van der Waals surface area contributed by atoms with Crippen LogP contribution in [0.2, 0.25) is 0 Å². The SMILES string of the molecule is Cc1ccc(I)p1C. The average Bonchev–Trinajstić information content (AvgIpc) is 1.98. The summed E-state index contributed by atoms with van der Waals surface area (Å²) in [5.74, 6) is 0.